The summed E-state index contributed by atoms with van der Waals surface area (Å²) in [5, 5.41) is 2.83. The van der Waals surface area contributed by atoms with Gasteiger partial charge in [-0.3, -0.25) is 4.79 Å². The Morgan fingerprint density at radius 3 is 2.96 bits per heavy atom. The number of methoxy groups -OCH3 is 1. The Bertz CT molecular complexity index is 845. The van der Waals surface area contributed by atoms with Gasteiger partial charge < -0.3 is 15.0 Å². The molecule has 3 aromatic rings. The van der Waals surface area contributed by atoms with Crippen LogP contribution in [0.15, 0.2) is 42.7 Å². The summed E-state index contributed by atoms with van der Waals surface area (Å²) < 4.78 is 18.5. The average Bonchev–Trinajstić information content (AvgIpc) is 3.02. The molecule has 1 aromatic heterocycles. The molecule has 0 radical (unpaired) electrons. The summed E-state index contributed by atoms with van der Waals surface area (Å²) in [6.07, 6.45) is 2.13. The van der Waals surface area contributed by atoms with Crippen LogP contribution < -0.4 is 10.1 Å². The number of amides is 1. The van der Waals surface area contributed by atoms with E-state index in [2.05, 4.69) is 15.3 Å². The molecule has 1 heterocycles. The molecule has 0 bridgehead atoms. The highest BCUT2D eigenvalue weighted by atomic mass is 19.1. The van der Waals surface area contributed by atoms with Crippen LogP contribution in [0.3, 0.4) is 0 Å². The largest absolute Gasteiger partial charge is 0.494 e. The number of hydrogen-bond donors (Lipinski definition) is 2. The third-order valence-electron chi connectivity index (χ3n) is 3.60. The van der Waals surface area contributed by atoms with Gasteiger partial charge in [-0.2, -0.15) is 0 Å². The number of H-pyrrole nitrogens is 1. The molecule has 0 unspecified atom stereocenters. The second-order valence-electron chi connectivity index (χ2n) is 5.11. The van der Waals surface area contributed by atoms with Gasteiger partial charge in [0.05, 0.1) is 24.5 Å². The third kappa shape index (κ3) is 3.31. The van der Waals surface area contributed by atoms with Gasteiger partial charge in [0.25, 0.3) is 5.91 Å². The van der Waals surface area contributed by atoms with Crippen molar-refractivity contribution in [2.45, 2.75) is 6.42 Å². The summed E-state index contributed by atoms with van der Waals surface area (Å²) in [4.78, 5) is 19.2. The van der Waals surface area contributed by atoms with E-state index in [-0.39, 0.29) is 11.7 Å². The van der Waals surface area contributed by atoms with Gasteiger partial charge in [-0.15, -0.1) is 0 Å². The first-order valence-electron chi connectivity index (χ1n) is 7.21. The second kappa shape index (κ2) is 6.48. The van der Waals surface area contributed by atoms with Gasteiger partial charge >= 0.3 is 0 Å². The predicted molar refractivity (Wildman–Crippen MR) is 85.1 cm³/mol. The lowest BCUT2D eigenvalue weighted by molar-refractivity contribution is 0.0954. The lowest BCUT2D eigenvalue weighted by atomic mass is 10.1. The Kier molecular flexibility index (Phi) is 4.23. The fourth-order valence-corrected chi connectivity index (χ4v) is 2.36. The van der Waals surface area contributed by atoms with Crippen LogP contribution in [-0.2, 0) is 6.42 Å². The molecule has 1 amide bonds. The van der Waals surface area contributed by atoms with Gasteiger partial charge in [-0.05, 0) is 42.3 Å². The number of carbonyl (C=O) groups is 1. The Balaban J connectivity index is 1.59. The summed E-state index contributed by atoms with van der Waals surface area (Å²) in [5.41, 5.74) is 2.99. The van der Waals surface area contributed by atoms with Crippen molar-refractivity contribution < 1.29 is 13.9 Å². The van der Waals surface area contributed by atoms with Gasteiger partial charge in [0.1, 0.15) is 0 Å². The summed E-state index contributed by atoms with van der Waals surface area (Å²) in [6, 6.07) is 10.1. The summed E-state index contributed by atoms with van der Waals surface area (Å²) >= 11 is 0. The number of hydrogen-bond acceptors (Lipinski definition) is 3. The van der Waals surface area contributed by atoms with Gasteiger partial charge in [-0.25, -0.2) is 9.37 Å². The van der Waals surface area contributed by atoms with E-state index in [1.54, 1.807) is 36.7 Å². The maximum atomic E-state index is 13.6. The molecule has 0 aliphatic rings. The molecule has 0 saturated heterocycles. The zero-order chi connectivity index (χ0) is 16.2. The molecule has 0 spiro atoms. The molecule has 2 aromatic carbocycles. The van der Waals surface area contributed by atoms with E-state index < -0.39 is 5.82 Å². The molecular formula is C17H16FN3O2. The molecule has 6 heteroatoms. The number of imidazole rings is 1. The van der Waals surface area contributed by atoms with Crippen LogP contribution in [-0.4, -0.2) is 29.5 Å². The minimum Gasteiger partial charge on any atom is -0.494 e. The molecule has 3 rings (SSSR count). The number of benzene rings is 2. The Hall–Kier alpha value is -2.89. The maximum Gasteiger partial charge on any atom is 0.251 e. The zero-order valence-electron chi connectivity index (χ0n) is 12.6. The van der Waals surface area contributed by atoms with Crippen LogP contribution in [0.2, 0.25) is 0 Å². The first-order valence-corrected chi connectivity index (χ1v) is 7.21. The number of nitrogens with zero attached hydrogens (tertiary/aromatic N) is 1. The highest BCUT2D eigenvalue weighted by molar-refractivity contribution is 5.97. The molecule has 0 saturated carbocycles. The molecule has 2 N–H and O–H groups in total. The number of rotatable bonds is 5. The van der Waals surface area contributed by atoms with Crippen molar-refractivity contribution in [1.82, 2.24) is 15.3 Å². The molecule has 0 aliphatic carbocycles. The molecule has 0 atom stereocenters. The van der Waals surface area contributed by atoms with Crippen molar-refractivity contribution in [2.24, 2.45) is 0 Å². The van der Waals surface area contributed by atoms with Gasteiger partial charge in [0.2, 0.25) is 0 Å². The molecule has 0 fully saturated rings. The third-order valence-corrected chi connectivity index (χ3v) is 3.60. The van der Waals surface area contributed by atoms with E-state index in [0.29, 0.717) is 18.5 Å². The van der Waals surface area contributed by atoms with E-state index in [9.17, 15) is 9.18 Å². The summed E-state index contributed by atoms with van der Waals surface area (Å²) in [5.74, 6) is -0.359. The van der Waals surface area contributed by atoms with Crippen molar-refractivity contribution >= 4 is 16.9 Å². The normalized spacial score (nSPS) is 10.7. The maximum absolute atomic E-state index is 13.6. The SMILES string of the molecule is COc1ccc(CCNC(=O)c2ccc3nc[nH]c3c2)cc1F. The van der Waals surface area contributed by atoms with E-state index in [4.69, 9.17) is 4.74 Å². The first-order chi connectivity index (χ1) is 11.2. The number of fused-ring (bicyclic) bond motifs is 1. The lowest BCUT2D eigenvalue weighted by Gasteiger charge is -2.07. The average molecular weight is 313 g/mol. The molecule has 0 aliphatic heterocycles. The van der Waals surface area contributed by atoms with Crippen molar-refractivity contribution in [3.05, 3.63) is 59.7 Å². The topological polar surface area (TPSA) is 67.0 Å². The number of aromatic amines is 1. The van der Waals surface area contributed by atoms with Crippen molar-refractivity contribution in [3.63, 3.8) is 0 Å². The van der Waals surface area contributed by atoms with Crippen LogP contribution in [0.1, 0.15) is 15.9 Å². The lowest BCUT2D eigenvalue weighted by Crippen LogP contribution is -2.25. The van der Waals surface area contributed by atoms with Crippen molar-refractivity contribution in [2.75, 3.05) is 13.7 Å². The predicted octanol–water partition coefficient (Wildman–Crippen LogP) is 2.68. The number of nitrogens with one attached hydrogen (secondary N) is 2. The van der Waals surface area contributed by atoms with Crippen LogP contribution in [0.25, 0.3) is 11.0 Å². The van der Waals surface area contributed by atoms with Crippen molar-refractivity contribution in [1.29, 1.82) is 0 Å². The summed E-state index contributed by atoms with van der Waals surface area (Å²) in [6.45, 7) is 0.422. The second-order valence-corrected chi connectivity index (χ2v) is 5.11. The molecule has 118 valence electrons. The highest BCUT2D eigenvalue weighted by Crippen LogP contribution is 2.17. The fourth-order valence-electron chi connectivity index (χ4n) is 2.36. The van der Waals surface area contributed by atoms with E-state index in [1.165, 1.54) is 13.2 Å². The molecular weight excluding hydrogens is 297 g/mol. The van der Waals surface area contributed by atoms with Gasteiger partial charge in [0.15, 0.2) is 11.6 Å². The van der Waals surface area contributed by atoms with Crippen LogP contribution in [0, 0.1) is 5.82 Å². The summed E-state index contributed by atoms with van der Waals surface area (Å²) in [7, 11) is 1.43. The standard InChI is InChI=1S/C17H16FN3O2/c1-23-16-5-2-11(8-13(16)18)6-7-19-17(22)12-3-4-14-15(9-12)21-10-20-14/h2-5,8-10H,6-7H2,1H3,(H,19,22)(H,20,21). The smallest absolute Gasteiger partial charge is 0.251 e. The monoisotopic (exact) mass is 313 g/mol. The Labute approximate surface area is 132 Å². The highest BCUT2D eigenvalue weighted by Gasteiger charge is 2.08. The molecule has 23 heavy (non-hydrogen) atoms. The number of halogens is 1. The minimum atomic E-state index is -0.402. The number of aromatic nitrogens is 2. The minimum absolute atomic E-state index is 0.171. The Morgan fingerprint density at radius 1 is 1.30 bits per heavy atom. The zero-order valence-corrected chi connectivity index (χ0v) is 12.6. The van der Waals surface area contributed by atoms with E-state index in [1.807, 2.05) is 0 Å². The van der Waals surface area contributed by atoms with Gasteiger partial charge in [-0.1, -0.05) is 6.07 Å². The Morgan fingerprint density at radius 2 is 2.17 bits per heavy atom. The van der Waals surface area contributed by atoms with Crippen LogP contribution in [0.4, 0.5) is 4.39 Å². The van der Waals surface area contributed by atoms with Crippen molar-refractivity contribution in [3.8, 4) is 5.75 Å². The van der Waals surface area contributed by atoms with Crippen LogP contribution in [0.5, 0.6) is 5.75 Å². The van der Waals surface area contributed by atoms with E-state index >= 15 is 0 Å². The number of carbonyl (C=O) groups excluding carboxylic acids is 1. The van der Waals surface area contributed by atoms with Crippen LogP contribution >= 0.6 is 0 Å². The fraction of sp³-hybridized carbons (Fsp3) is 0.176. The molecule has 5 nitrogen and oxygen atoms in total. The first kappa shape index (κ1) is 15.0. The quantitative estimate of drug-likeness (QED) is 0.761. The number of ether oxygens (including phenoxy) is 1. The van der Waals surface area contributed by atoms with Gasteiger partial charge in [0, 0.05) is 12.1 Å². The van der Waals surface area contributed by atoms with E-state index in [0.717, 1.165) is 16.6 Å².